The summed E-state index contributed by atoms with van der Waals surface area (Å²) in [6.45, 7) is 2.97. The summed E-state index contributed by atoms with van der Waals surface area (Å²) in [5.74, 6) is 0. The minimum absolute atomic E-state index is 0.398. The fourth-order valence-electron chi connectivity index (χ4n) is 1.57. The second kappa shape index (κ2) is 4.54. The van der Waals surface area contributed by atoms with Crippen LogP contribution in [0.1, 0.15) is 6.92 Å². The van der Waals surface area contributed by atoms with Gasteiger partial charge in [0.1, 0.15) is 0 Å². The van der Waals surface area contributed by atoms with Crippen molar-refractivity contribution in [3.63, 3.8) is 0 Å². The van der Waals surface area contributed by atoms with Crippen LogP contribution in [0.4, 0.5) is 0 Å². The quantitative estimate of drug-likeness (QED) is 0.594. The predicted octanol–water partition coefficient (Wildman–Crippen LogP) is -1.09. The van der Waals surface area contributed by atoms with Crippen LogP contribution in [-0.4, -0.2) is 60.8 Å². The summed E-state index contributed by atoms with van der Waals surface area (Å²) in [4.78, 5) is 1.50. The van der Waals surface area contributed by atoms with Crippen LogP contribution in [0.5, 0.6) is 0 Å². The molecule has 0 spiro atoms. The van der Waals surface area contributed by atoms with E-state index >= 15 is 0 Å². The fraction of sp³-hybridized carbons (Fsp3) is 1.00. The summed E-state index contributed by atoms with van der Waals surface area (Å²) in [7, 11) is -4.24. The van der Waals surface area contributed by atoms with E-state index in [0.29, 0.717) is 26.3 Å². The predicted molar refractivity (Wildman–Crippen MR) is 49.4 cm³/mol. The van der Waals surface area contributed by atoms with Crippen LogP contribution < -0.4 is 0 Å². The molecule has 84 valence electrons. The first-order valence-corrected chi connectivity index (χ1v) is 5.89. The van der Waals surface area contributed by atoms with Crippen molar-refractivity contribution in [2.45, 2.75) is 18.4 Å². The highest BCUT2D eigenvalue weighted by Crippen LogP contribution is 2.13. The molecule has 0 amide bonds. The molecule has 0 aromatic heterocycles. The van der Waals surface area contributed by atoms with E-state index in [2.05, 4.69) is 0 Å². The first-order valence-electron chi connectivity index (χ1n) is 4.39. The Balaban J connectivity index is 2.76. The number of hydrogen-bond acceptors (Lipinski definition) is 5. The maximum atomic E-state index is 11.0. The lowest BCUT2D eigenvalue weighted by atomic mass is 10.3. The Labute approximate surface area is 83.2 Å². The van der Waals surface area contributed by atoms with Gasteiger partial charge in [-0.2, -0.15) is 8.42 Å². The first-order chi connectivity index (χ1) is 6.43. The number of aliphatic hydroxyl groups is 1. The third-order valence-corrected chi connectivity index (χ3v) is 3.43. The second-order valence-corrected chi connectivity index (χ2v) is 4.81. The zero-order valence-corrected chi connectivity index (χ0v) is 8.77. The van der Waals surface area contributed by atoms with E-state index in [1.807, 2.05) is 0 Å². The fourth-order valence-corrected chi connectivity index (χ4v) is 2.66. The molecule has 0 saturated carbocycles. The van der Waals surface area contributed by atoms with E-state index in [1.165, 1.54) is 11.8 Å². The van der Waals surface area contributed by atoms with Crippen LogP contribution in [0.3, 0.4) is 0 Å². The van der Waals surface area contributed by atoms with Crippen molar-refractivity contribution < 1.29 is 22.8 Å². The summed E-state index contributed by atoms with van der Waals surface area (Å²) >= 11 is 0. The Hall–Kier alpha value is -0.210. The van der Waals surface area contributed by atoms with Crippen molar-refractivity contribution in [1.82, 2.24) is 4.90 Å². The zero-order chi connectivity index (χ0) is 10.8. The lowest BCUT2D eigenvalue weighted by Gasteiger charge is -2.33. The van der Waals surface area contributed by atoms with Gasteiger partial charge in [-0.1, -0.05) is 0 Å². The van der Waals surface area contributed by atoms with Crippen molar-refractivity contribution in [1.29, 1.82) is 0 Å². The van der Waals surface area contributed by atoms with E-state index in [4.69, 9.17) is 9.29 Å². The smallest absolute Gasteiger partial charge is 0.283 e. The van der Waals surface area contributed by atoms with Gasteiger partial charge >= 0.3 is 0 Å². The molecule has 14 heavy (non-hydrogen) atoms. The van der Waals surface area contributed by atoms with Crippen LogP contribution >= 0.6 is 0 Å². The average molecular weight is 225 g/mol. The summed E-state index contributed by atoms with van der Waals surface area (Å²) in [5.41, 5.74) is 0. The largest absolute Gasteiger partial charge is 0.391 e. The van der Waals surface area contributed by atoms with Crippen molar-refractivity contribution in [3.05, 3.63) is 0 Å². The van der Waals surface area contributed by atoms with Crippen LogP contribution in [0, 0.1) is 0 Å². The number of hydrogen-bond donors (Lipinski definition) is 2. The van der Waals surface area contributed by atoms with Crippen LogP contribution in [0.2, 0.25) is 0 Å². The molecule has 1 saturated heterocycles. The number of rotatable bonds is 3. The SMILES string of the molecule is CC(O)C(N1CCOCC1)S(=O)(=O)O. The average Bonchev–Trinajstić information content (AvgIpc) is 2.02. The molecule has 2 unspecified atom stereocenters. The van der Waals surface area contributed by atoms with Gasteiger partial charge in [0.15, 0.2) is 5.37 Å². The number of aliphatic hydroxyl groups excluding tert-OH is 1. The van der Waals surface area contributed by atoms with Gasteiger partial charge < -0.3 is 9.84 Å². The van der Waals surface area contributed by atoms with Gasteiger partial charge in [-0.15, -0.1) is 0 Å². The Kier molecular flexibility index (Phi) is 3.85. The third kappa shape index (κ3) is 2.89. The van der Waals surface area contributed by atoms with E-state index in [-0.39, 0.29) is 0 Å². The molecular formula is C7H15NO5S. The molecule has 0 aromatic carbocycles. The highest BCUT2D eigenvalue weighted by molar-refractivity contribution is 7.86. The third-order valence-electron chi connectivity index (χ3n) is 2.12. The molecule has 0 aromatic rings. The van der Waals surface area contributed by atoms with Gasteiger partial charge in [-0.25, -0.2) is 0 Å². The Bertz CT molecular complexity index is 270. The normalized spacial score (nSPS) is 24.5. The van der Waals surface area contributed by atoms with Crippen molar-refractivity contribution in [2.24, 2.45) is 0 Å². The van der Waals surface area contributed by atoms with Gasteiger partial charge in [0.25, 0.3) is 10.1 Å². The number of morpholine rings is 1. The molecule has 1 fully saturated rings. The zero-order valence-electron chi connectivity index (χ0n) is 7.96. The molecule has 0 radical (unpaired) electrons. The van der Waals surface area contributed by atoms with Gasteiger partial charge in [-0.3, -0.25) is 9.45 Å². The summed E-state index contributed by atoms with van der Waals surface area (Å²) in [6, 6.07) is 0. The number of nitrogens with zero attached hydrogens (tertiary/aromatic N) is 1. The Morgan fingerprint density at radius 3 is 2.21 bits per heavy atom. The van der Waals surface area contributed by atoms with Crippen molar-refractivity contribution in [3.8, 4) is 0 Å². The van der Waals surface area contributed by atoms with E-state index in [0.717, 1.165) is 0 Å². The monoisotopic (exact) mass is 225 g/mol. The Morgan fingerprint density at radius 2 is 1.86 bits per heavy atom. The maximum Gasteiger partial charge on any atom is 0.283 e. The van der Waals surface area contributed by atoms with Crippen molar-refractivity contribution >= 4 is 10.1 Å². The Morgan fingerprint density at radius 1 is 1.36 bits per heavy atom. The molecular weight excluding hydrogens is 210 g/mol. The lowest BCUT2D eigenvalue weighted by Crippen LogP contribution is -2.52. The van der Waals surface area contributed by atoms with Crippen LogP contribution in [-0.2, 0) is 14.9 Å². The molecule has 1 heterocycles. The molecule has 1 aliphatic rings. The molecule has 6 nitrogen and oxygen atoms in total. The molecule has 0 bridgehead atoms. The van der Waals surface area contributed by atoms with Gasteiger partial charge in [-0.05, 0) is 6.92 Å². The highest BCUT2D eigenvalue weighted by atomic mass is 32.2. The molecule has 0 aliphatic carbocycles. The molecule has 1 rings (SSSR count). The van der Waals surface area contributed by atoms with Gasteiger partial charge in [0.2, 0.25) is 0 Å². The summed E-state index contributed by atoms with van der Waals surface area (Å²) in [6.07, 6.45) is -1.12. The van der Waals surface area contributed by atoms with Gasteiger partial charge in [0.05, 0.1) is 19.3 Å². The van der Waals surface area contributed by atoms with E-state index in [9.17, 15) is 13.5 Å². The number of ether oxygens (including phenoxy) is 1. The van der Waals surface area contributed by atoms with E-state index < -0.39 is 21.6 Å². The maximum absolute atomic E-state index is 11.0. The minimum Gasteiger partial charge on any atom is -0.391 e. The standard InChI is InChI=1S/C7H15NO5S/c1-6(9)7(14(10,11)12)8-2-4-13-5-3-8/h6-7,9H,2-5H2,1H3,(H,10,11,12). The second-order valence-electron chi connectivity index (χ2n) is 3.29. The summed E-state index contributed by atoms with van der Waals surface area (Å²) < 4.78 is 35.9. The first kappa shape index (κ1) is 11.9. The minimum atomic E-state index is -4.24. The van der Waals surface area contributed by atoms with E-state index in [1.54, 1.807) is 0 Å². The topological polar surface area (TPSA) is 87.1 Å². The van der Waals surface area contributed by atoms with Crippen LogP contribution in [0.15, 0.2) is 0 Å². The van der Waals surface area contributed by atoms with Crippen molar-refractivity contribution in [2.75, 3.05) is 26.3 Å². The summed E-state index contributed by atoms with van der Waals surface area (Å²) in [5, 5.41) is 8.03. The molecule has 2 N–H and O–H groups in total. The van der Waals surface area contributed by atoms with Crippen LogP contribution in [0.25, 0.3) is 0 Å². The molecule has 7 heteroatoms. The molecule has 1 aliphatic heterocycles. The molecule has 2 atom stereocenters. The lowest BCUT2D eigenvalue weighted by molar-refractivity contribution is 0.00428. The highest BCUT2D eigenvalue weighted by Gasteiger charge is 2.34. The van der Waals surface area contributed by atoms with Gasteiger partial charge in [0, 0.05) is 13.1 Å².